The quantitative estimate of drug-likeness (QED) is 0.317. The van der Waals surface area contributed by atoms with Crippen LogP contribution in [0.15, 0.2) is 48.8 Å². The number of alkyl carbamates (subject to hydrolysis) is 1. The third-order valence-electron chi connectivity index (χ3n) is 8.05. The van der Waals surface area contributed by atoms with Crippen LogP contribution < -0.4 is 19.9 Å². The molecule has 0 spiro atoms. The van der Waals surface area contributed by atoms with E-state index in [9.17, 15) is 4.79 Å². The number of fused-ring (bicyclic) bond motifs is 2. The fourth-order valence-corrected chi connectivity index (χ4v) is 5.84. The maximum Gasteiger partial charge on any atom is 0.407 e. The number of hydrogen-bond acceptors (Lipinski definition) is 9. The Bertz CT molecular complexity index is 1610. The van der Waals surface area contributed by atoms with Crippen molar-refractivity contribution in [3.8, 4) is 5.75 Å². The highest BCUT2D eigenvalue weighted by Gasteiger charge is 2.36. The molecule has 4 aromatic rings. The van der Waals surface area contributed by atoms with E-state index >= 15 is 0 Å². The molecule has 1 unspecified atom stereocenters. The molecule has 2 aliphatic rings. The van der Waals surface area contributed by atoms with Gasteiger partial charge in [-0.05, 0) is 69.9 Å². The van der Waals surface area contributed by atoms with E-state index in [4.69, 9.17) is 24.5 Å². The van der Waals surface area contributed by atoms with Gasteiger partial charge in [-0.1, -0.05) is 19.1 Å². The van der Waals surface area contributed by atoms with Crippen LogP contribution in [-0.4, -0.2) is 69.7 Å². The zero-order valence-electron chi connectivity index (χ0n) is 25.6. The number of hydrogen-bond donors (Lipinski definition) is 1. The molecule has 11 nitrogen and oxygen atoms in total. The lowest BCUT2D eigenvalue weighted by Gasteiger charge is -2.28. The standard InChI is InChI=1S/C32H40N8O3/c1-31(2,3)43-30(41)35-20-32(4)14-17-38(21-32)26-18-34-27-28(36-26)40(19-22-10-12-23(42-5)13-11-22)37-29(27)39-16-7-8-24-25(39)9-6-15-33-24/h6,9-13,15,18H,7-8,14,16-17,19-21H2,1-5H3,(H,35,41). The lowest BCUT2D eigenvalue weighted by molar-refractivity contribution is 0.0507. The minimum absolute atomic E-state index is 0.119. The number of amides is 1. The van der Waals surface area contributed by atoms with E-state index in [2.05, 4.69) is 33.1 Å². The van der Waals surface area contributed by atoms with Crippen LogP contribution in [0.1, 0.15) is 51.8 Å². The molecule has 1 aromatic carbocycles. The van der Waals surface area contributed by atoms with E-state index in [0.717, 1.165) is 84.4 Å². The molecule has 1 amide bonds. The van der Waals surface area contributed by atoms with Gasteiger partial charge in [-0.3, -0.25) is 4.98 Å². The zero-order valence-corrected chi connectivity index (χ0v) is 25.6. The average Bonchev–Trinajstić information content (AvgIpc) is 3.56. The van der Waals surface area contributed by atoms with Gasteiger partial charge in [-0.25, -0.2) is 19.4 Å². The molecule has 5 heterocycles. The van der Waals surface area contributed by atoms with Crippen molar-refractivity contribution >= 4 is 34.6 Å². The maximum atomic E-state index is 12.3. The fourth-order valence-electron chi connectivity index (χ4n) is 5.84. The summed E-state index contributed by atoms with van der Waals surface area (Å²) in [6.07, 6.45) is 6.16. The molecule has 3 aromatic heterocycles. The van der Waals surface area contributed by atoms with E-state index in [-0.39, 0.29) is 5.41 Å². The van der Waals surface area contributed by atoms with E-state index in [0.29, 0.717) is 13.1 Å². The summed E-state index contributed by atoms with van der Waals surface area (Å²) in [4.78, 5) is 31.5. The van der Waals surface area contributed by atoms with Crippen molar-refractivity contribution in [2.24, 2.45) is 5.41 Å². The van der Waals surface area contributed by atoms with Crippen molar-refractivity contribution in [2.75, 3.05) is 43.1 Å². The Labute approximate surface area is 252 Å². The summed E-state index contributed by atoms with van der Waals surface area (Å²) in [7, 11) is 1.67. The number of carbonyl (C=O) groups excluding carboxylic acids is 1. The molecular formula is C32H40N8O3. The van der Waals surface area contributed by atoms with Gasteiger partial charge < -0.3 is 24.6 Å². The van der Waals surface area contributed by atoms with Crippen LogP contribution >= 0.6 is 0 Å². The summed E-state index contributed by atoms with van der Waals surface area (Å²) in [6.45, 7) is 11.3. The second kappa shape index (κ2) is 11.3. The molecular weight excluding hydrogens is 544 g/mol. The number of pyridine rings is 1. The van der Waals surface area contributed by atoms with Crippen molar-refractivity contribution in [2.45, 2.75) is 59.1 Å². The van der Waals surface area contributed by atoms with Crippen LogP contribution in [0, 0.1) is 5.41 Å². The number of rotatable bonds is 7. The largest absolute Gasteiger partial charge is 0.497 e. The number of carbonyl (C=O) groups is 1. The molecule has 11 heteroatoms. The Morgan fingerprint density at radius 1 is 1.12 bits per heavy atom. The number of aryl methyl sites for hydroxylation is 1. The van der Waals surface area contributed by atoms with Gasteiger partial charge in [-0.2, -0.15) is 5.10 Å². The van der Waals surface area contributed by atoms with Crippen LogP contribution in [0.25, 0.3) is 11.2 Å². The predicted molar refractivity (Wildman–Crippen MR) is 166 cm³/mol. The molecule has 2 aliphatic heterocycles. The average molecular weight is 585 g/mol. The number of ether oxygens (including phenoxy) is 2. The van der Waals surface area contributed by atoms with Crippen LogP contribution in [-0.2, 0) is 17.7 Å². The molecule has 6 rings (SSSR count). The Kier molecular flexibility index (Phi) is 7.57. The molecule has 1 fully saturated rings. The summed E-state index contributed by atoms with van der Waals surface area (Å²) in [5.41, 5.74) is 4.09. The summed E-state index contributed by atoms with van der Waals surface area (Å²) >= 11 is 0. The SMILES string of the molecule is COc1ccc(Cn2nc(N3CCCc4ncccc43)c3ncc(N4CCC(C)(CNC(=O)OC(C)(C)C)C4)nc32)cc1. The van der Waals surface area contributed by atoms with Crippen molar-refractivity contribution in [1.29, 1.82) is 0 Å². The molecule has 1 saturated heterocycles. The first-order chi connectivity index (χ1) is 20.6. The second-order valence-corrected chi connectivity index (χ2v) is 12.8. The lowest BCUT2D eigenvalue weighted by atomic mass is 9.90. The number of aromatic nitrogens is 5. The first kappa shape index (κ1) is 28.7. The third-order valence-corrected chi connectivity index (χ3v) is 8.05. The lowest BCUT2D eigenvalue weighted by Crippen LogP contribution is -2.40. The van der Waals surface area contributed by atoms with Crippen molar-refractivity contribution in [3.63, 3.8) is 0 Å². The predicted octanol–water partition coefficient (Wildman–Crippen LogP) is 5.10. The number of nitrogens with zero attached hydrogens (tertiary/aromatic N) is 7. The van der Waals surface area contributed by atoms with Gasteiger partial charge in [0.2, 0.25) is 0 Å². The molecule has 226 valence electrons. The van der Waals surface area contributed by atoms with Gasteiger partial charge in [0.25, 0.3) is 0 Å². The smallest absolute Gasteiger partial charge is 0.407 e. The second-order valence-electron chi connectivity index (χ2n) is 12.8. The minimum atomic E-state index is -0.530. The Morgan fingerprint density at radius 2 is 1.93 bits per heavy atom. The zero-order chi connectivity index (χ0) is 30.2. The molecule has 1 atom stereocenters. The van der Waals surface area contributed by atoms with E-state index in [1.54, 1.807) is 7.11 Å². The normalized spacial score (nSPS) is 18.5. The number of benzene rings is 1. The topological polar surface area (TPSA) is 111 Å². The van der Waals surface area contributed by atoms with E-state index in [1.165, 1.54) is 0 Å². The number of anilines is 3. The molecule has 0 bridgehead atoms. The summed E-state index contributed by atoms with van der Waals surface area (Å²) in [5, 5.41) is 8.06. The van der Waals surface area contributed by atoms with Gasteiger partial charge in [0.05, 0.1) is 31.2 Å². The van der Waals surface area contributed by atoms with Crippen molar-refractivity contribution in [3.05, 3.63) is 60.0 Å². The van der Waals surface area contributed by atoms with Crippen LogP contribution in [0.2, 0.25) is 0 Å². The molecule has 0 aliphatic carbocycles. The van der Waals surface area contributed by atoms with Gasteiger partial charge in [0.1, 0.15) is 17.2 Å². The maximum absolute atomic E-state index is 12.3. The Balaban J connectivity index is 1.30. The first-order valence-electron chi connectivity index (χ1n) is 14.9. The van der Waals surface area contributed by atoms with Crippen LogP contribution in [0.5, 0.6) is 5.75 Å². The molecule has 0 radical (unpaired) electrons. The monoisotopic (exact) mass is 584 g/mol. The number of nitrogens with one attached hydrogen (secondary N) is 1. The molecule has 1 N–H and O–H groups in total. The highest BCUT2D eigenvalue weighted by Crippen LogP contribution is 2.37. The first-order valence-corrected chi connectivity index (χ1v) is 14.9. The summed E-state index contributed by atoms with van der Waals surface area (Å²) in [5.74, 6) is 2.41. The molecule has 43 heavy (non-hydrogen) atoms. The number of methoxy groups -OCH3 is 1. The van der Waals surface area contributed by atoms with E-state index < -0.39 is 11.7 Å². The Hall–Kier alpha value is -4.41. The summed E-state index contributed by atoms with van der Waals surface area (Å²) < 4.78 is 12.7. The van der Waals surface area contributed by atoms with Gasteiger partial charge >= 0.3 is 6.09 Å². The highest BCUT2D eigenvalue weighted by atomic mass is 16.6. The Morgan fingerprint density at radius 3 is 2.70 bits per heavy atom. The highest BCUT2D eigenvalue weighted by molar-refractivity contribution is 5.88. The van der Waals surface area contributed by atoms with Crippen molar-refractivity contribution < 1.29 is 14.3 Å². The molecule has 0 saturated carbocycles. The van der Waals surface area contributed by atoms with Crippen LogP contribution in [0.4, 0.5) is 22.1 Å². The minimum Gasteiger partial charge on any atom is -0.497 e. The van der Waals surface area contributed by atoms with Crippen LogP contribution in [0.3, 0.4) is 0 Å². The van der Waals surface area contributed by atoms with E-state index in [1.807, 2.05) is 68.2 Å². The third kappa shape index (κ3) is 6.21. The van der Waals surface area contributed by atoms with Gasteiger partial charge in [-0.15, -0.1) is 0 Å². The van der Waals surface area contributed by atoms with Gasteiger partial charge in [0.15, 0.2) is 17.0 Å². The van der Waals surface area contributed by atoms with Gasteiger partial charge in [0, 0.05) is 37.8 Å². The van der Waals surface area contributed by atoms with Crippen molar-refractivity contribution in [1.82, 2.24) is 30.0 Å². The fraction of sp³-hybridized carbons (Fsp3) is 0.469. The summed E-state index contributed by atoms with van der Waals surface area (Å²) in [6, 6.07) is 12.1.